The molecule has 0 aromatic heterocycles. The lowest BCUT2D eigenvalue weighted by atomic mass is 9.81. The van der Waals surface area contributed by atoms with Crippen molar-refractivity contribution in [2.24, 2.45) is 11.3 Å². The van der Waals surface area contributed by atoms with Crippen molar-refractivity contribution in [2.45, 2.75) is 38.5 Å². The first kappa shape index (κ1) is 16.5. The van der Waals surface area contributed by atoms with Crippen LogP contribution in [0.1, 0.15) is 38.7 Å². The zero-order chi connectivity index (χ0) is 16.8. The third kappa shape index (κ3) is 2.91. The van der Waals surface area contributed by atoms with E-state index in [1.54, 1.807) is 0 Å². The van der Waals surface area contributed by atoms with Crippen molar-refractivity contribution in [2.75, 3.05) is 13.1 Å². The van der Waals surface area contributed by atoms with Gasteiger partial charge in [-0.3, -0.25) is 9.59 Å². The van der Waals surface area contributed by atoms with Crippen LogP contribution in [0.5, 0.6) is 0 Å². The molecule has 3 rings (SSSR count). The van der Waals surface area contributed by atoms with Gasteiger partial charge in [0.25, 0.3) is 0 Å². The Morgan fingerprint density at radius 1 is 1.30 bits per heavy atom. The van der Waals surface area contributed by atoms with E-state index in [1.165, 1.54) is 0 Å². The highest BCUT2D eigenvalue weighted by Gasteiger charge is 2.59. The summed E-state index contributed by atoms with van der Waals surface area (Å²) in [6.45, 7) is 5.25. The van der Waals surface area contributed by atoms with Gasteiger partial charge in [0.2, 0.25) is 5.91 Å². The minimum absolute atomic E-state index is 0.0392. The zero-order valence-corrected chi connectivity index (χ0v) is 15.1. The molecule has 4 nitrogen and oxygen atoms in total. The average molecular weight is 380 g/mol. The first-order valence-corrected chi connectivity index (χ1v) is 8.84. The first-order valence-electron chi connectivity index (χ1n) is 8.04. The number of carbonyl (C=O) groups is 2. The lowest BCUT2D eigenvalue weighted by molar-refractivity contribution is -0.140. The van der Waals surface area contributed by atoms with Crippen molar-refractivity contribution in [3.8, 4) is 0 Å². The van der Waals surface area contributed by atoms with Crippen molar-refractivity contribution in [3.05, 3.63) is 34.3 Å². The quantitative estimate of drug-likeness (QED) is 0.874. The summed E-state index contributed by atoms with van der Waals surface area (Å²) in [7, 11) is 0. The Morgan fingerprint density at radius 3 is 2.48 bits per heavy atom. The van der Waals surface area contributed by atoms with Gasteiger partial charge in [-0.15, -0.1) is 0 Å². The van der Waals surface area contributed by atoms with E-state index in [0.29, 0.717) is 13.1 Å². The second-order valence-electron chi connectivity index (χ2n) is 7.38. The van der Waals surface area contributed by atoms with Crippen LogP contribution in [0, 0.1) is 11.3 Å². The van der Waals surface area contributed by atoms with Crippen LogP contribution in [0.15, 0.2) is 28.7 Å². The van der Waals surface area contributed by atoms with Gasteiger partial charge in [0, 0.05) is 17.6 Å². The molecule has 1 unspecified atom stereocenters. The molecule has 124 valence electrons. The molecule has 1 aromatic rings. The van der Waals surface area contributed by atoms with Crippen LogP contribution in [0.25, 0.3) is 0 Å². The van der Waals surface area contributed by atoms with E-state index in [0.717, 1.165) is 29.3 Å². The van der Waals surface area contributed by atoms with E-state index in [9.17, 15) is 9.59 Å². The number of rotatable bonds is 3. The number of carboxylic acids is 1. The average Bonchev–Trinajstić information content (AvgIpc) is 3.21. The van der Waals surface area contributed by atoms with Crippen LogP contribution in [0.2, 0.25) is 0 Å². The summed E-state index contributed by atoms with van der Waals surface area (Å²) in [5, 5.41) is 9.16. The second kappa shape index (κ2) is 5.62. The predicted octanol–water partition coefficient (Wildman–Crippen LogP) is 3.44. The van der Waals surface area contributed by atoms with Gasteiger partial charge in [-0.05, 0) is 56.2 Å². The highest BCUT2D eigenvalue weighted by Crippen LogP contribution is 2.59. The van der Waals surface area contributed by atoms with E-state index >= 15 is 0 Å². The van der Waals surface area contributed by atoms with Crippen LogP contribution in [-0.2, 0) is 15.0 Å². The van der Waals surface area contributed by atoms with Gasteiger partial charge in [0.15, 0.2) is 0 Å². The number of halogens is 1. The monoisotopic (exact) mass is 379 g/mol. The third-order valence-corrected chi connectivity index (χ3v) is 6.11. The van der Waals surface area contributed by atoms with Gasteiger partial charge >= 0.3 is 5.97 Å². The lowest BCUT2D eigenvalue weighted by Crippen LogP contribution is -2.47. The summed E-state index contributed by atoms with van der Waals surface area (Å²) in [6, 6.07) is 7.87. The maximum Gasteiger partial charge on any atom is 0.307 e. The largest absolute Gasteiger partial charge is 0.481 e. The molecule has 0 radical (unpaired) electrons. The van der Waals surface area contributed by atoms with Gasteiger partial charge in [-0.2, -0.15) is 0 Å². The summed E-state index contributed by atoms with van der Waals surface area (Å²) in [5.41, 5.74) is 0.374. The molecule has 2 aliphatic rings. The fourth-order valence-corrected chi connectivity index (χ4v) is 4.20. The summed E-state index contributed by atoms with van der Waals surface area (Å²) >= 11 is 3.46. The molecule has 1 spiro atoms. The Balaban J connectivity index is 1.69. The number of amides is 1. The minimum Gasteiger partial charge on any atom is -0.481 e. The van der Waals surface area contributed by atoms with Crippen LogP contribution in [0.4, 0.5) is 0 Å². The Bertz CT molecular complexity index is 647. The highest BCUT2D eigenvalue weighted by atomic mass is 79.9. The van der Waals surface area contributed by atoms with Gasteiger partial charge in [0.05, 0.1) is 11.3 Å². The SMILES string of the molecule is CC(C)(C(=O)N1CCC2(CC1)CC2C(=O)O)c1cccc(Br)c1. The first-order chi connectivity index (χ1) is 10.8. The van der Waals surface area contributed by atoms with E-state index < -0.39 is 11.4 Å². The maximum atomic E-state index is 13.0. The lowest BCUT2D eigenvalue weighted by Gasteiger charge is -2.37. The number of benzene rings is 1. The Morgan fingerprint density at radius 2 is 1.96 bits per heavy atom. The fourth-order valence-electron chi connectivity index (χ4n) is 3.80. The minimum atomic E-state index is -0.681. The van der Waals surface area contributed by atoms with Gasteiger partial charge in [-0.1, -0.05) is 28.1 Å². The number of carboxylic acid groups (broad SMARTS) is 1. The number of carbonyl (C=O) groups excluding carboxylic acids is 1. The molecule has 1 aromatic carbocycles. The molecular formula is C18H22BrNO3. The number of nitrogens with zero attached hydrogens (tertiary/aromatic N) is 1. The number of aliphatic carboxylic acids is 1. The molecule has 2 fully saturated rings. The zero-order valence-electron chi connectivity index (χ0n) is 13.5. The van der Waals surface area contributed by atoms with E-state index in [2.05, 4.69) is 15.9 Å². The van der Waals surface area contributed by atoms with Crippen molar-refractivity contribution >= 4 is 27.8 Å². The molecule has 1 saturated carbocycles. The third-order valence-electron chi connectivity index (χ3n) is 5.62. The molecule has 23 heavy (non-hydrogen) atoms. The van der Waals surface area contributed by atoms with E-state index in [-0.39, 0.29) is 17.2 Å². The molecule has 1 aliphatic carbocycles. The second-order valence-corrected chi connectivity index (χ2v) is 8.30. The van der Waals surface area contributed by atoms with E-state index in [1.807, 2.05) is 43.0 Å². The van der Waals surface area contributed by atoms with Crippen molar-refractivity contribution < 1.29 is 14.7 Å². The number of likely N-dealkylation sites (tertiary alicyclic amines) is 1. The van der Waals surface area contributed by atoms with Crippen molar-refractivity contribution in [1.82, 2.24) is 4.90 Å². The van der Waals surface area contributed by atoms with Crippen molar-refractivity contribution in [3.63, 3.8) is 0 Å². The highest BCUT2D eigenvalue weighted by molar-refractivity contribution is 9.10. The summed E-state index contributed by atoms with van der Waals surface area (Å²) in [6.07, 6.45) is 2.40. The molecule has 0 bridgehead atoms. The van der Waals surface area contributed by atoms with Crippen molar-refractivity contribution in [1.29, 1.82) is 0 Å². The molecule has 1 aliphatic heterocycles. The molecule has 1 heterocycles. The summed E-state index contributed by atoms with van der Waals surface area (Å²) in [5.74, 6) is -0.755. The van der Waals surface area contributed by atoms with Crippen LogP contribution in [0.3, 0.4) is 0 Å². The molecule has 1 atom stereocenters. The molecule has 1 N–H and O–H groups in total. The Labute approximate surface area is 145 Å². The maximum absolute atomic E-state index is 13.0. The van der Waals surface area contributed by atoms with Gasteiger partial charge in [-0.25, -0.2) is 0 Å². The van der Waals surface area contributed by atoms with Gasteiger partial charge < -0.3 is 10.0 Å². The molecule has 1 saturated heterocycles. The normalized spacial score (nSPS) is 22.9. The van der Waals surface area contributed by atoms with E-state index in [4.69, 9.17) is 5.11 Å². The summed E-state index contributed by atoms with van der Waals surface area (Å²) < 4.78 is 0.968. The van der Waals surface area contributed by atoms with Gasteiger partial charge in [0.1, 0.15) is 0 Å². The van der Waals surface area contributed by atoms with Crippen LogP contribution >= 0.6 is 15.9 Å². The van der Waals surface area contributed by atoms with Crippen LogP contribution < -0.4 is 0 Å². The standard InChI is InChI=1S/C18H22BrNO3/c1-17(2,12-4-3-5-13(19)10-12)16(23)20-8-6-18(7-9-20)11-14(18)15(21)22/h3-5,10,14H,6-9,11H2,1-2H3,(H,21,22). The number of hydrogen-bond donors (Lipinski definition) is 1. The number of hydrogen-bond acceptors (Lipinski definition) is 2. The number of piperidine rings is 1. The van der Waals surface area contributed by atoms with Crippen LogP contribution in [-0.4, -0.2) is 35.0 Å². The Kier molecular flexibility index (Phi) is 4.03. The Hall–Kier alpha value is -1.36. The smallest absolute Gasteiger partial charge is 0.307 e. The predicted molar refractivity (Wildman–Crippen MR) is 91.2 cm³/mol. The summed E-state index contributed by atoms with van der Waals surface area (Å²) in [4.78, 5) is 26.0. The topological polar surface area (TPSA) is 57.6 Å². The molecule has 1 amide bonds. The molecule has 5 heteroatoms. The molecular weight excluding hydrogens is 358 g/mol. The fraction of sp³-hybridized carbons (Fsp3) is 0.556.